The van der Waals surface area contributed by atoms with Gasteiger partial charge in [0.25, 0.3) is 5.56 Å². The number of hydrogen-bond acceptors (Lipinski definition) is 3. The van der Waals surface area contributed by atoms with Crippen molar-refractivity contribution in [3.8, 4) is 10.6 Å². The van der Waals surface area contributed by atoms with Crippen molar-refractivity contribution in [3.05, 3.63) is 88.0 Å². The quantitative estimate of drug-likeness (QED) is 0.568. The third-order valence-electron chi connectivity index (χ3n) is 3.80. The fourth-order valence-corrected chi connectivity index (χ4v) is 3.42. The highest BCUT2D eigenvalue weighted by atomic mass is 32.1. The van der Waals surface area contributed by atoms with E-state index in [2.05, 4.69) is 5.10 Å². The van der Waals surface area contributed by atoms with Gasteiger partial charge in [-0.05, 0) is 23.1 Å². The highest BCUT2D eigenvalue weighted by molar-refractivity contribution is 7.13. The molecular weight excluding hydrogens is 304 g/mol. The van der Waals surface area contributed by atoms with Gasteiger partial charge < -0.3 is 0 Å². The van der Waals surface area contributed by atoms with Crippen LogP contribution in [0.15, 0.2) is 76.9 Å². The molecule has 4 rings (SSSR count). The Kier molecular flexibility index (Phi) is 3.52. The lowest BCUT2D eigenvalue weighted by atomic mass is 10.1. The normalized spacial score (nSPS) is 11.0. The maximum Gasteiger partial charge on any atom is 0.274 e. The molecule has 0 saturated carbocycles. The van der Waals surface area contributed by atoms with Crippen molar-refractivity contribution in [1.82, 2.24) is 9.78 Å². The SMILES string of the molecule is O=c1c2ccccc2c(-c2cccs2)nn1Cc1ccccc1. The fourth-order valence-electron chi connectivity index (χ4n) is 2.69. The molecule has 0 N–H and O–H groups in total. The molecule has 23 heavy (non-hydrogen) atoms. The molecule has 0 unspecified atom stereocenters. The predicted molar refractivity (Wildman–Crippen MR) is 94.9 cm³/mol. The minimum atomic E-state index is -0.0511. The van der Waals surface area contributed by atoms with Gasteiger partial charge in [0.05, 0.1) is 16.8 Å². The van der Waals surface area contributed by atoms with E-state index in [-0.39, 0.29) is 5.56 Å². The summed E-state index contributed by atoms with van der Waals surface area (Å²) in [5.74, 6) is 0. The van der Waals surface area contributed by atoms with Gasteiger partial charge in [-0.3, -0.25) is 4.79 Å². The lowest BCUT2D eigenvalue weighted by Crippen LogP contribution is -2.24. The van der Waals surface area contributed by atoms with Crippen LogP contribution in [-0.4, -0.2) is 9.78 Å². The second-order valence-electron chi connectivity index (χ2n) is 5.32. The third kappa shape index (κ3) is 2.58. The van der Waals surface area contributed by atoms with Crippen LogP contribution >= 0.6 is 11.3 Å². The lowest BCUT2D eigenvalue weighted by molar-refractivity contribution is 0.651. The first-order chi connectivity index (χ1) is 11.3. The largest absolute Gasteiger partial charge is 0.274 e. The van der Waals surface area contributed by atoms with Gasteiger partial charge in [0, 0.05) is 5.39 Å². The second kappa shape index (κ2) is 5.82. The molecule has 3 nitrogen and oxygen atoms in total. The standard InChI is InChI=1S/C19H14N2OS/c22-19-16-10-5-4-9-15(16)18(17-11-6-12-23-17)20-21(19)13-14-7-2-1-3-8-14/h1-12H,13H2. The Labute approximate surface area is 137 Å². The van der Waals surface area contributed by atoms with Crippen LogP contribution in [0.4, 0.5) is 0 Å². The number of rotatable bonds is 3. The topological polar surface area (TPSA) is 34.9 Å². The number of hydrogen-bond donors (Lipinski definition) is 0. The van der Waals surface area contributed by atoms with Crippen molar-refractivity contribution in [2.24, 2.45) is 0 Å². The predicted octanol–water partition coefficient (Wildman–Crippen LogP) is 4.17. The van der Waals surface area contributed by atoms with Gasteiger partial charge in [-0.25, -0.2) is 4.68 Å². The van der Waals surface area contributed by atoms with Gasteiger partial charge in [-0.2, -0.15) is 5.10 Å². The summed E-state index contributed by atoms with van der Waals surface area (Å²) in [7, 11) is 0. The summed E-state index contributed by atoms with van der Waals surface area (Å²) in [5, 5.41) is 8.30. The number of thiophene rings is 1. The first-order valence-corrected chi connectivity index (χ1v) is 8.28. The molecule has 0 radical (unpaired) electrons. The van der Waals surface area contributed by atoms with Crippen LogP contribution < -0.4 is 5.56 Å². The first kappa shape index (κ1) is 13.9. The summed E-state index contributed by atoms with van der Waals surface area (Å²) >= 11 is 1.63. The van der Waals surface area contributed by atoms with Gasteiger partial charge >= 0.3 is 0 Å². The molecule has 4 heteroatoms. The number of nitrogens with zero attached hydrogens (tertiary/aromatic N) is 2. The molecule has 2 heterocycles. The number of aromatic nitrogens is 2. The second-order valence-corrected chi connectivity index (χ2v) is 6.27. The molecule has 4 aromatic rings. The van der Waals surface area contributed by atoms with Crippen molar-refractivity contribution >= 4 is 22.1 Å². The minimum absolute atomic E-state index is 0.0511. The lowest BCUT2D eigenvalue weighted by Gasteiger charge is -2.10. The van der Waals surface area contributed by atoms with Gasteiger partial charge in [0.1, 0.15) is 5.69 Å². The molecule has 0 amide bonds. The van der Waals surface area contributed by atoms with Crippen LogP contribution in [0.5, 0.6) is 0 Å². The van der Waals surface area contributed by atoms with Gasteiger partial charge in [-0.1, -0.05) is 54.6 Å². The van der Waals surface area contributed by atoms with E-state index in [4.69, 9.17) is 0 Å². The fraction of sp³-hybridized carbons (Fsp3) is 0.0526. The zero-order valence-electron chi connectivity index (χ0n) is 12.3. The average Bonchev–Trinajstić information content (AvgIpc) is 3.13. The van der Waals surface area contributed by atoms with Crippen molar-refractivity contribution in [1.29, 1.82) is 0 Å². The van der Waals surface area contributed by atoms with Crippen LogP contribution in [0.2, 0.25) is 0 Å². The van der Waals surface area contributed by atoms with E-state index in [1.807, 2.05) is 72.1 Å². The Bertz CT molecular complexity index is 1000. The summed E-state index contributed by atoms with van der Waals surface area (Å²) in [4.78, 5) is 13.8. The minimum Gasteiger partial charge on any atom is -0.267 e. The van der Waals surface area contributed by atoms with Crippen molar-refractivity contribution in [2.45, 2.75) is 6.54 Å². The van der Waals surface area contributed by atoms with E-state index in [9.17, 15) is 4.79 Å². The average molecular weight is 318 g/mol. The zero-order valence-corrected chi connectivity index (χ0v) is 13.2. The number of benzene rings is 2. The van der Waals surface area contributed by atoms with Crippen LogP contribution in [-0.2, 0) is 6.54 Å². The smallest absolute Gasteiger partial charge is 0.267 e. The van der Waals surface area contributed by atoms with Crippen LogP contribution in [0.1, 0.15) is 5.56 Å². The molecule has 2 aromatic heterocycles. The van der Waals surface area contributed by atoms with E-state index in [1.54, 1.807) is 16.0 Å². The molecular formula is C19H14N2OS. The summed E-state index contributed by atoms with van der Waals surface area (Å²) in [6.45, 7) is 0.475. The van der Waals surface area contributed by atoms with E-state index >= 15 is 0 Å². The Morgan fingerprint density at radius 1 is 0.870 bits per heavy atom. The summed E-state index contributed by atoms with van der Waals surface area (Å²) in [6, 6.07) is 21.7. The highest BCUT2D eigenvalue weighted by Crippen LogP contribution is 2.28. The van der Waals surface area contributed by atoms with Crippen molar-refractivity contribution < 1.29 is 0 Å². The van der Waals surface area contributed by atoms with Crippen LogP contribution in [0, 0.1) is 0 Å². The summed E-state index contributed by atoms with van der Waals surface area (Å²) in [6.07, 6.45) is 0. The Morgan fingerprint density at radius 2 is 1.61 bits per heavy atom. The molecule has 112 valence electrons. The Hall–Kier alpha value is -2.72. The molecule has 0 aliphatic rings. The maximum atomic E-state index is 12.8. The number of fused-ring (bicyclic) bond motifs is 1. The Morgan fingerprint density at radius 3 is 2.35 bits per heavy atom. The van der Waals surface area contributed by atoms with Gasteiger partial charge in [0.2, 0.25) is 0 Å². The Balaban J connectivity index is 1.95. The first-order valence-electron chi connectivity index (χ1n) is 7.40. The monoisotopic (exact) mass is 318 g/mol. The van der Waals surface area contributed by atoms with Crippen molar-refractivity contribution in [2.75, 3.05) is 0 Å². The van der Waals surface area contributed by atoms with E-state index in [0.717, 1.165) is 21.5 Å². The molecule has 0 saturated heterocycles. The van der Waals surface area contributed by atoms with E-state index in [0.29, 0.717) is 11.9 Å². The summed E-state index contributed by atoms with van der Waals surface area (Å²) < 4.78 is 1.56. The zero-order chi connectivity index (χ0) is 15.6. The molecule has 0 spiro atoms. The molecule has 0 atom stereocenters. The highest BCUT2D eigenvalue weighted by Gasteiger charge is 2.12. The van der Waals surface area contributed by atoms with Gasteiger partial charge in [-0.15, -0.1) is 11.3 Å². The van der Waals surface area contributed by atoms with Gasteiger partial charge in [0.15, 0.2) is 0 Å². The molecule has 0 fully saturated rings. The van der Waals surface area contributed by atoms with Crippen molar-refractivity contribution in [3.63, 3.8) is 0 Å². The van der Waals surface area contributed by atoms with E-state index in [1.165, 1.54) is 0 Å². The summed E-state index contributed by atoms with van der Waals surface area (Å²) in [5.41, 5.74) is 1.88. The maximum absolute atomic E-state index is 12.8. The molecule has 0 bridgehead atoms. The third-order valence-corrected chi connectivity index (χ3v) is 4.67. The molecule has 0 aliphatic carbocycles. The molecule has 2 aromatic carbocycles. The molecule has 0 aliphatic heterocycles. The van der Waals surface area contributed by atoms with Crippen LogP contribution in [0.25, 0.3) is 21.3 Å². The van der Waals surface area contributed by atoms with E-state index < -0.39 is 0 Å². The van der Waals surface area contributed by atoms with Crippen LogP contribution in [0.3, 0.4) is 0 Å².